The van der Waals surface area contributed by atoms with Gasteiger partial charge in [0.15, 0.2) is 18.2 Å². The molecule has 1 aliphatic carbocycles. The molecule has 2 fully saturated rings. The van der Waals surface area contributed by atoms with Crippen LogP contribution in [0.2, 0.25) is 0 Å². The number of aromatic nitrogens is 1. The molecule has 0 spiro atoms. The molecule has 0 unspecified atom stereocenters. The molecule has 3 aliphatic rings. The van der Waals surface area contributed by atoms with Crippen LogP contribution in [0.5, 0.6) is 5.75 Å². The largest absolute Gasteiger partial charge is 0.490 e. The molecule has 3 atom stereocenters. The highest BCUT2D eigenvalue weighted by Crippen LogP contribution is 2.36. The molecule has 158 valence electrons. The van der Waals surface area contributed by atoms with Crippen LogP contribution in [0.15, 0.2) is 12.1 Å². The molecule has 0 bridgehead atoms. The molecule has 29 heavy (non-hydrogen) atoms. The lowest BCUT2D eigenvalue weighted by Crippen LogP contribution is -2.44. The van der Waals surface area contributed by atoms with E-state index >= 15 is 0 Å². The van der Waals surface area contributed by atoms with E-state index in [1.807, 2.05) is 0 Å². The number of amides is 2. The summed E-state index contributed by atoms with van der Waals surface area (Å²) >= 11 is 0. The summed E-state index contributed by atoms with van der Waals surface area (Å²) in [6.45, 7) is -0.0254. The van der Waals surface area contributed by atoms with Crippen LogP contribution in [0, 0.1) is 0 Å². The first kappa shape index (κ1) is 20.6. The van der Waals surface area contributed by atoms with Gasteiger partial charge in [-0.15, -0.1) is 0 Å². The number of halogens is 3. The summed E-state index contributed by atoms with van der Waals surface area (Å²) in [5.74, 6) is -1.73. The fraction of sp³-hybridized carbons (Fsp3) is 0.500. The second kappa shape index (κ2) is 7.73. The topological polar surface area (TPSA) is 144 Å². The van der Waals surface area contributed by atoms with E-state index in [0.717, 1.165) is 12.8 Å². The smallest absolute Gasteiger partial charge is 0.480 e. The van der Waals surface area contributed by atoms with Gasteiger partial charge in [-0.25, -0.2) is 14.6 Å². The van der Waals surface area contributed by atoms with E-state index in [-0.39, 0.29) is 30.7 Å². The zero-order valence-corrected chi connectivity index (χ0v) is 14.8. The number of ether oxygens (including phenoxy) is 2. The average molecular weight is 418 g/mol. The van der Waals surface area contributed by atoms with Crippen LogP contribution in [0.4, 0.5) is 29.6 Å². The van der Waals surface area contributed by atoms with E-state index in [0.29, 0.717) is 23.8 Å². The number of carboxylic acid groups (broad SMARTS) is 1. The highest BCUT2D eigenvalue weighted by atomic mass is 19.4. The molecule has 10 nitrogen and oxygen atoms in total. The van der Waals surface area contributed by atoms with Gasteiger partial charge in [-0.05, 0) is 25.0 Å². The molecule has 2 amide bonds. The fourth-order valence-corrected chi connectivity index (χ4v) is 3.24. The van der Waals surface area contributed by atoms with Gasteiger partial charge >= 0.3 is 18.2 Å². The summed E-state index contributed by atoms with van der Waals surface area (Å²) in [5, 5.41) is 9.77. The lowest BCUT2D eigenvalue weighted by atomic mass is 9.89. The number of nitrogens with zero attached hydrogens (tertiary/aromatic N) is 2. The second-order valence-electron chi connectivity index (χ2n) is 6.59. The Bertz CT molecular complexity index is 833. The zero-order valence-electron chi connectivity index (χ0n) is 14.8. The van der Waals surface area contributed by atoms with Gasteiger partial charge in [0.1, 0.15) is 11.9 Å². The maximum Gasteiger partial charge on any atom is 0.490 e. The van der Waals surface area contributed by atoms with Crippen molar-refractivity contribution in [3.8, 4) is 5.75 Å². The molecule has 1 aromatic rings. The molecule has 0 radical (unpaired) electrons. The predicted molar refractivity (Wildman–Crippen MR) is 90.4 cm³/mol. The first-order chi connectivity index (χ1) is 13.6. The van der Waals surface area contributed by atoms with Crippen molar-refractivity contribution < 1.29 is 42.1 Å². The van der Waals surface area contributed by atoms with Gasteiger partial charge < -0.3 is 25.6 Å². The molecule has 3 heterocycles. The Morgan fingerprint density at radius 3 is 2.66 bits per heavy atom. The van der Waals surface area contributed by atoms with Crippen LogP contribution >= 0.6 is 0 Å². The van der Waals surface area contributed by atoms with Crippen molar-refractivity contribution in [3.63, 3.8) is 0 Å². The fourth-order valence-electron chi connectivity index (χ4n) is 3.24. The van der Waals surface area contributed by atoms with E-state index in [2.05, 4.69) is 10.3 Å². The molecule has 4 N–H and O–H groups in total. The number of aliphatic carboxylic acids is 1. The predicted octanol–water partition coefficient (Wildman–Crippen LogP) is 1.25. The van der Waals surface area contributed by atoms with Crippen LogP contribution in [-0.4, -0.2) is 59.0 Å². The minimum absolute atomic E-state index is 0.0254. The number of pyridine rings is 1. The Morgan fingerprint density at radius 2 is 2.00 bits per heavy atom. The van der Waals surface area contributed by atoms with Crippen molar-refractivity contribution in [1.82, 2.24) is 4.98 Å². The lowest BCUT2D eigenvalue weighted by Gasteiger charge is -2.30. The van der Waals surface area contributed by atoms with Gasteiger partial charge in [0, 0.05) is 12.5 Å². The van der Waals surface area contributed by atoms with Crippen LogP contribution in [0.25, 0.3) is 0 Å². The number of carbonyl (C=O) groups is 3. The Hall–Kier alpha value is -3.09. The van der Waals surface area contributed by atoms with Crippen LogP contribution < -0.4 is 20.7 Å². The number of hydrogen-bond acceptors (Lipinski definition) is 7. The molecular formula is C16H17F3N4O6. The summed E-state index contributed by atoms with van der Waals surface area (Å²) in [5.41, 5.74) is 5.94. The van der Waals surface area contributed by atoms with Crippen molar-refractivity contribution in [2.45, 2.75) is 43.6 Å². The van der Waals surface area contributed by atoms with E-state index in [4.69, 9.17) is 25.1 Å². The molecule has 1 saturated heterocycles. The number of anilines is 2. The summed E-state index contributed by atoms with van der Waals surface area (Å²) in [6, 6.07) is 3.41. The zero-order chi connectivity index (χ0) is 21.3. The van der Waals surface area contributed by atoms with Gasteiger partial charge in [-0.2, -0.15) is 13.2 Å². The maximum atomic E-state index is 12.2. The van der Waals surface area contributed by atoms with Crippen molar-refractivity contribution >= 4 is 29.6 Å². The van der Waals surface area contributed by atoms with E-state index < -0.39 is 18.2 Å². The third-order valence-electron chi connectivity index (χ3n) is 4.53. The van der Waals surface area contributed by atoms with E-state index in [1.54, 1.807) is 17.0 Å². The van der Waals surface area contributed by atoms with E-state index in [9.17, 15) is 22.8 Å². The Morgan fingerprint density at radius 1 is 1.31 bits per heavy atom. The monoisotopic (exact) mass is 418 g/mol. The van der Waals surface area contributed by atoms with Crippen molar-refractivity contribution in [2.24, 2.45) is 5.73 Å². The number of hydrogen-bond donors (Lipinski definition) is 3. The van der Waals surface area contributed by atoms with Crippen LogP contribution in [0.1, 0.15) is 19.3 Å². The molecule has 1 aromatic heterocycles. The number of carbonyl (C=O) groups excluding carboxylic acids is 2. The summed E-state index contributed by atoms with van der Waals surface area (Å²) in [6.07, 6.45) is -3.41. The highest BCUT2D eigenvalue weighted by Gasteiger charge is 2.46. The summed E-state index contributed by atoms with van der Waals surface area (Å²) in [4.78, 5) is 38.4. The van der Waals surface area contributed by atoms with Crippen LogP contribution in [0.3, 0.4) is 0 Å². The van der Waals surface area contributed by atoms with Crippen molar-refractivity contribution in [3.05, 3.63) is 12.1 Å². The number of fused-ring (bicyclic) bond motifs is 2. The van der Waals surface area contributed by atoms with Crippen LogP contribution in [-0.2, 0) is 14.3 Å². The molecule has 0 aromatic carbocycles. The molecule has 13 heteroatoms. The lowest BCUT2D eigenvalue weighted by molar-refractivity contribution is -0.192. The van der Waals surface area contributed by atoms with E-state index in [1.165, 1.54) is 0 Å². The average Bonchev–Trinajstić information content (AvgIpc) is 2.95. The first-order valence-electron chi connectivity index (χ1n) is 8.55. The number of nitrogens with two attached hydrogens (primary N) is 1. The van der Waals surface area contributed by atoms with Crippen molar-refractivity contribution in [1.29, 1.82) is 0 Å². The van der Waals surface area contributed by atoms with Gasteiger partial charge in [0.2, 0.25) is 0 Å². The standard InChI is InChI=1S/C14H16N4O4.C2HF3O2/c15-7-1-2-8-10(5-7)22-14(20)18(8)11-4-3-9-13(16-11)17-12(19)6-21-9;3-2(4,5)1(6)7/h3-4,7-8,10H,1-2,5-6,15H2,(H,16,17,19);(H,6,7)/t7-,8-,10-;/m0./s1. The van der Waals surface area contributed by atoms with Gasteiger partial charge in [0.05, 0.1) is 6.04 Å². The maximum absolute atomic E-state index is 12.2. The third kappa shape index (κ3) is 4.50. The number of carboxylic acids is 1. The molecule has 1 saturated carbocycles. The molecule has 2 aliphatic heterocycles. The SMILES string of the molecule is N[C@H]1CC[C@H]2[C@H](C1)OC(=O)N2c1ccc2c(n1)NC(=O)CO2.O=C(O)C(F)(F)F. The summed E-state index contributed by atoms with van der Waals surface area (Å²) < 4.78 is 42.4. The van der Waals surface area contributed by atoms with Gasteiger partial charge in [-0.3, -0.25) is 9.69 Å². The summed E-state index contributed by atoms with van der Waals surface area (Å²) in [7, 11) is 0. The first-order valence-corrected chi connectivity index (χ1v) is 8.55. The Balaban J connectivity index is 0.000000298. The quantitative estimate of drug-likeness (QED) is 0.618. The van der Waals surface area contributed by atoms with Gasteiger partial charge in [-0.1, -0.05) is 0 Å². The number of nitrogens with one attached hydrogen (secondary N) is 1. The molecular weight excluding hydrogens is 401 g/mol. The minimum Gasteiger partial charge on any atom is -0.480 e. The Labute approximate surface area is 161 Å². The highest BCUT2D eigenvalue weighted by molar-refractivity contribution is 5.95. The Kier molecular flexibility index (Phi) is 5.50. The van der Waals surface area contributed by atoms with Crippen molar-refractivity contribution in [2.75, 3.05) is 16.8 Å². The number of rotatable bonds is 1. The molecule has 4 rings (SSSR count). The minimum atomic E-state index is -5.08. The normalized spacial score (nSPS) is 25.5. The second-order valence-corrected chi connectivity index (χ2v) is 6.59. The number of alkyl halides is 3. The third-order valence-corrected chi connectivity index (χ3v) is 4.53. The van der Waals surface area contributed by atoms with Gasteiger partial charge in [0.25, 0.3) is 5.91 Å².